The zero-order valence-electron chi connectivity index (χ0n) is 11.3. The highest BCUT2D eigenvalue weighted by molar-refractivity contribution is 6.00. The molecule has 3 heterocycles. The quantitative estimate of drug-likeness (QED) is 0.811. The highest BCUT2D eigenvalue weighted by Crippen LogP contribution is 2.33. The smallest absolute Gasteiger partial charge is 0.326 e. The van der Waals surface area contributed by atoms with Gasteiger partial charge < -0.3 is 4.90 Å². The van der Waals surface area contributed by atoms with E-state index < -0.39 is 18.1 Å². The first-order valence-corrected chi connectivity index (χ1v) is 6.55. The van der Waals surface area contributed by atoms with Gasteiger partial charge in [0.1, 0.15) is 11.6 Å². The average Bonchev–Trinajstić information content (AvgIpc) is 3.03. The molecule has 0 unspecified atom stereocenters. The van der Waals surface area contributed by atoms with Gasteiger partial charge >= 0.3 is 6.18 Å². The molecule has 0 bridgehead atoms. The van der Waals surface area contributed by atoms with E-state index >= 15 is 0 Å². The van der Waals surface area contributed by atoms with Gasteiger partial charge in [-0.05, 0) is 25.3 Å². The van der Waals surface area contributed by atoms with Crippen molar-refractivity contribution in [3.8, 4) is 0 Å². The van der Waals surface area contributed by atoms with E-state index in [1.807, 2.05) is 6.92 Å². The minimum absolute atomic E-state index is 0.0546. The van der Waals surface area contributed by atoms with Crippen LogP contribution in [0.3, 0.4) is 0 Å². The molecule has 0 spiro atoms. The van der Waals surface area contributed by atoms with Gasteiger partial charge in [0.25, 0.3) is 5.91 Å². The number of hydrogen-bond acceptors (Lipinski definition) is 3. The summed E-state index contributed by atoms with van der Waals surface area (Å²) in [6, 6.07) is -1.72. The summed E-state index contributed by atoms with van der Waals surface area (Å²) < 4.78 is 40.3. The van der Waals surface area contributed by atoms with E-state index in [2.05, 4.69) is 10.1 Å². The van der Waals surface area contributed by atoms with Crippen molar-refractivity contribution in [3.63, 3.8) is 0 Å². The number of hydrogen-bond donors (Lipinski definition) is 0. The van der Waals surface area contributed by atoms with Crippen molar-refractivity contribution in [2.75, 3.05) is 6.54 Å². The van der Waals surface area contributed by atoms with E-state index in [0.717, 1.165) is 10.5 Å². The zero-order chi connectivity index (χ0) is 15.2. The number of nitrogens with zero attached hydrogens (tertiary/aromatic N) is 4. The highest BCUT2D eigenvalue weighted by Gasteiger charge is 2.48. The highest BCUT2D eigenvalue weighted by atomic mass is 19.4. The van der Waals surface area contributed by atoms with Crippen LogP contribution >= 0.6 is 0 Å². The first-order valence-electron chi connectivity index (χ1n) is 6.55. The van der Waals surface area contributed by atoms with Gasteiger partial charge in [-0.3, -0.25) is 4.79 Å². The first kappa shape index (κ1) is 13.8. The van der Waals surface area contributed by atoms with E-state index in [9.17, 15) is 18.0 Å². The van der Waals surface area contributed by atoms with E-state index in [0.29, 0.717) is 6.42 Å². The largest absolute Gasteiger partial charge is 0.408 e. The Kier molecular flexibility index (Phi) is 3.11. The molecule has 5 nitrogen and oxygen atoms in total. The number of carbonyl (C=O) groups excluding carboxylic acids is 1. The molecule has 3 rings (SSSR count). The van der Waals surface area contributed by atoms with Crippen molar-refractivity contribution in [1.29, 1.82) is 0 Å². The van der Waals surface area contributed by atoms with Crippen LogP contribution in [0.2, 0.25) is 0 Å². The summed E-state index contributed by atoms with van der Waals surface area (Å²) in [5.41, 5.74) is 1.23. The van der Waals surface area contributed by atoms with Crippen molar-refractivity contribution in [3.05, 3.63) is 29.7 Å². The molecule has 8 heteroatoms. The normalized spacial score (nSPS) is 19.4. The lowest BCUT2D eigenvalue weighted by molar-refractivity contribution is -0.169. The second-order valence-electron chi connectivity index (χ2n) is 5.16. The Morgan fingerprint density at radius 2 is 2.14 bits per heavy atom. The SMILES string of the molecule is Cc1cnc2c(C(=O)N3CCC[C@H]3C(F)(F)F)cnn2c1. The van der Waals surface area contributed by atoms with E-state index in [-0.39, 0.29) is 24.2 Å². The van der Waals surface area contributed by atoms with Gasteiger partial charge in [0.05, 0.1) is 6.20 Å². The predicted octanol–water partition coefficient (Wildman–Crippen LogP) is 2.20. The molecule has 21 heavy (non-hydrogen) atoms. The lowest BCUT2D eigenvalue weighted by Crippen LogP contribution is -2.44. The summed E-state index contributed by atoms with van der Waals surface area (Å²) >= 11 is 0. The van der Waals surface area contributed by atoms with Crippen molar-refractivity contribution in [2.45, 2.75) is 32.0 Å². The summed E-state index contributed by atoms with van der Waals surface area (Å²) in [5.74, 6) is -0.666. The number of carbonyl (C=O) groups is 1. The van der Waals surface area contributed by atoms with Gasteiger partial charge in [0.15, 0.2) is 5.65 Å². The summed E-state index contributed by atoms with van der Waals surface area (Å²) in [7, 11) is 0. The topological polar surface area (TPSA) is 50.5 Å². The maximum atomic E-state index is 12.9. The summed E-state index contributed by atoms with van der Waals surface area (Å²) in [6.45, 7) is 1.92. The average molecular weight is 298 g/mol. The van der Waals surface area contributed by atoms with Gasteiger partial charge in [0.2, 0.25) is 0 Å². The lowest BCUT2D eigenvalue weighted by Gasteiger charge is -2.26. The molecule has 0 N–H and O–H groups in total. The molecule has 1 atom stereocenters. The molecule has 1 fully saturated rings. The minimum atomic E-state index is -4.40. The number of rotatable bonds is 1. The fourth-order valence-electron chi connectivity index (χ4n) is 2.62. The Bertz CT molecular complexity index is 694. The molecule has 1 aliphatic rings. The van der Waals surface area contributed by atoms with Crippen LogP contribution in [0.5, 0.6) is 0 Å². The molecule has 0 aliphatic carbocycles. The second-order valence-corrected chi connectivity index (χ2v) is 5.16. The monoisotopic (exact) mass is 298 g/mol. The molecule has 1 amide bonds. The van der Waals surface area contributed by atoms with Crippen LogP contribution in [-0.4, -0.2) is 44.2 Å². The third-order valence-corrected chi connectivity index (χ3v) is 3.61. The Balaban J connectivity index is 1.97. The Hall–Kier alpha value is -2.12. The van der Waals surface area contributed by atoms with Gasteiger partial charge in [-0.15, -0.1) is 0 Å². The number of fused-ring (bicyclic) bond motifs is 1. The molecule has 2 aromatic rings. The van der Waals surface area contributed by atoms with Crippen molar-refractivity contribution < 1.29 is 18.0 Å². The molecule has 2 aromatic heterocycles. The van der Waals surface area contributed by atoms with Crippen LogP contribution in [0.4, 0.5) is 13.2 Å². The lowest BCUT2D eigenvalue weighted by atomic mass is 10.2. The summed E-state index contributed by atoms with van der Waals surface area (Å²) in [5, 5.41) is 3.98. The number of alkyl halides is 3. The van der Waals surface area contributed by atoms with Gasteiger partial charge in [-0.1, -0.05) is 0 Å². The summed E-state index contributed by atoms with van der Waals surface area (Å²) in [4.78, 5) is 17.4. The standard InChI is InChI=1S/C13H13F3N4O/c1-8-5-17-11-9(6-18-20(11)7-8)12(21)19-4-2-3-10(19)13(14,15)16/h5-7,10H,2-4H2,1H3/t10-/m0/s1. The van der Waals surface area contributed by atoms with E-state index in [1.165, 1.54) is 10.7 Å². The number of amides is 1. The minimum Gasteiger partial charge on any atom is -0.326 e. The molecule has 1 saturated heterocycles. The van der Waals surface area contributed by atoms with E-state index in [4.69, 9.17) is 0 Å². The van der Waals surface area contributed by atoms with Crippen LogP contribution in [0, 0.1) is 6.92 Å². The maximum absolute atomic E-state index is 12.9. The summed E-state index contributed by atoms with van der Waals surface area (Å²) in [6.07, 6.45) is 0.390. The van der Waals surface area contributed by atoms with Crippen LogP contribution in [0.1, 0.15) is 28.8 Å². The number of aryl methyl sites for hydroxylation is 1. The van der Waals surface area contributed by atoms with Gasteiger partial charge in [0, 0.05) is 18.9 Å². The molecule has 0 radical (unpaired) electrons. The second kappa shape index (κ2) is 4.71. The third kappa shape index (κ3) is 2.34. The first-order chi connectivity index (χ1) is 9.88. The van der Waals surface area contributed by atoms with Crippen LogP contribution < -0.4 is 0 Å². The molecular formula is C13H13F3N4O. The molecule has 1 aliphatic heterocycles. The molecule has 112 valence electrons. The van der Waals surface area contributed by atoms with Crippen molar-refractivity contribution in [1.82, 2.24) is 19.5 Å². The van der Waals surface area contributed by atoms with Crippen LogP contribution in [0.25, 0.3) is 5.65 Å². The van der Waals surface area contributed by atoms with Crippen molar-refractivity contribution >= 4 is 11.6 Å². The van der Waals surface area contributed by atoms with Crippen molar-refractivity contribution in [2.24, 2.45) is 0 Å². The van der Waals surface area contributed by atoms with Crippen LogP contribution in [0.15, 0.2) is 18.6 Å². The number of likely N-dealkylation sites (tertiary alicyclic amines) is 1. The Labute approximate surface area is 118 Å². The number of aromatic nitrogens is 3. The fourth-order valence-corrected chi connectivity index (χ4v) is 2.62. The van der Waals surface area contributed by atoms with Crippen LogP contribution in [-0.2, 0) is 0 Å². The fraction of sp³-hybridized carbons (Fsp3) is 0.462. The number of halogens is 3. The zero-order valence-corrected chi connectivity index (χ0v) is 11.3. The van der Waals surface area contributed by atoms with E-state index in [1.54, 1.807) is 12.4 Å². The maximum Gasteiger partial charge on any atom is 0.408 e. The Morgan fingerprint density at radius 3 is 2.86 bits per heavy atom. The predicted molar refractivity (Wildman–Crippen MR) is 67.8 cm³/mol. The third-order valence-electron chi connectivity index (χ3n) is 3.61. The van der Waals surface area contributed by atoms with Gasteiger partial charge in [-0.2, -0.15) is 18.3 Å². The molecular weight excluding hydrogens is 285 g/mol. The van der Waals surface area contributed by atoms with Gasteiger partial charge in [-0.25, -0.2) is 9.50 Å². The Morgan fingerprint density at radius 1 is 1.38 bits per heavy atom. The molecule has 0 saturated carbocycles. The molecule has 0 aromatic carbocycles.